The van der Waals surface area contributed by atoms with Crippen molar-refractivity contribution in [1.82, 2.24) is 0 Å². The van der Waals surface area contributed by atoms with E-state index in [-0.39, 0.29) is 0 Å². The SMILES string of the molecule is CC(CN)C1=CCc2ccc(Br)cc21. The fourth-order valence-electron chi connectivity index (χ4n) is 1.92. The highest BCUT2D eigenvalue weighted by atomic mass is 79.9. The van der Waals surface area contributed by atoms with Crippen molar-refractivity contribution in [3.63, 3.8) is 0 Å². The minimum Gasteiger partial charge on any atom is -0.330 e. The van der Waals surface area contributed by atoms with Crippen LogP contribution in [0.15, 0.2) is 28.7 Å². The van der Waals surface area contributed by atoms with E-state index in [1.54, 1.807) is 0 Å². The molecule has 0 spiro atoms. The van der Waals surface area contributed by atoms with E-state index in [1.165, 1.54) is 16.7 Å². The van der Waals surface area contributed by atoms with E-state index in [2.05, 4.69) is 47.1 Å². The summed E-state index contributed by atoms with van der Waals surface area (Å²) in [5.74, 6) is 0.463. The van der Waals surface area contributed by atoms with Crippen LogP contribution in [0.4, 0.5) is 0 Å². The Morgan fingerprint density at radius 1 is 1.50 bits per heavy atom. The molecular weight excluding hydrogens is 238 g/mol. The molecule has 1 aromatic rings. The molecule has 0 aliphatic heterocycles. The van der Waals surface area contributed by atoms with Gasteiger partial charge in [0.15, 0.2) is 0 Å². The lowest BCUT2D eigenvalue weighted by molar-refractivity contribution is 0.761. The Morgan fingerprint density at radius 3 is 3.00 bits per heavy atom. The van der Waals surface area contributed by atoms with Crippen LogP contribution in [0.25, 0.3) is 5.57 Å². The Balaban J connectivity index is 2.40. The summed E-state index contributed by atoms with van der Waals surface area (Å²) in [6.07, 6.45) is 3.36. The summed E-state index contributed by atoms with van der Waals surface area (Å²) in [7, 11) is 0. The number of halogens is 1. The first kappa shape index (κ1) is 9.94. The van der Waals surface area contributed by atoms with Crippen molar-refractivity contribution in [3.05, 3.63) is 39.9 Å². The lowest BCUT2D eigenvalue weighted by atomic mass is 9.96. The quantitative estimate of drug-likeness (QED) is 0.860. The van der Waals surface area contributed by atoms with E-state index >= 15 is 0 Å². The third-order valence-corrected chi connectivity index (χ3v) is 3.30. The monoisotopic (exact) mass is 251 g/mol. The van der Waals surface area contributed by atoms with Crippen LogP contribution in [-0.2, 0) is 6.42 Å². The van der Waals surface area contributed by atoms with Gasteiger partial charge < -0.3 is 5.73 Å². The second kappa shape index (κ2) is 3.87. The van der Waals surface area contributed by atoms with Crippen LogP contribution in [0.5, 0.6) is 0 Å². The molecule has 1 aromatic carbocycles. The number of hydrogen-bond acceptors (Lipinski definition) is 1. The van der Waals surface area contributed by atoms with E-state index in [0.29, 0.717) is 5.92 Å². The molecule has 1 aliphatic carbocycles. The van der Waals surface area contributed by atoms with Crippen LogP contribution in [0.2, 0.25) is 0 Å². The Hall–Kier alpha value is -0.600. The highest BCUT2D eigenvalue weighted by molar-refractivity contribution is 9.10. The second-order valence-corrected chi connectivity index (χ2v) is 4.72. The average molecular weight is 252 g/mol. The smallest absolute Gasteiger partial charge is 0.0181 e. The first-order valence-electron chi connectivity index (χ1n) is 4.91. The van der Waals surface area contributed by atoms with E-state index in [9.17, 15) is 0 Å². The molecule has 0 bridgehead atoms. The number of rotatable bonds is 2. The molecule has 1 aliphatic rings. The van der Waals surface area contributed by atoms with Gasteiger partial charge >= 0.3 is 0 Å². The molecule has 0 heterocycles. The van der Waals surface area contributed by atoms with Gasteiger partial charge in [0, 0.05) is 4.47 Å². The molecule has 14 heavy (non-hydrogen) atoms. The summed E-state index contributed by atoms with van der Waals surface area (Å²) in [5, 5.41) is 0. The van der Waals surface area contributed by atoms with Gasteiger partial charge in [-0.05, 0) is 47.7 Å². The van der Waals surface area contributed by atoms with Crippen molar-refractivity contribution in [2.75, 3.05) is 6.54 Å². The van der Waals surface area contributed by atoms with Gasteiger partial charge in [0.25, 0.3) is 0 Å². The first-order chi connectivity index (χ1) is 6.72. The van der Waals surface area contributed by atoms with Crippen molar-refractivity contribution in [3.8, 4) is 0 Å². The molecule has 1 atom stereocenters. The molecule has 1 unspecified atom stereocenters. The Kier molecular flexibility index (Phi) is 2.75. The first-order valence-corrected chi connectivity index (χ1v) is 5.70. The number of allylic oxidation sites excluding steroid dienone is 1. The second-order valence-electron chi connectivity index (χ2n) is 3.80. The average Bonchev–Trinajstić information content (AvgIpc) is 2.59. The van der Waals surface area contributed by atoms with Crippen molar-refractivity contribution in [2.45, 2.75) is 13.3 Å². The molecule has 2 heteroatoms. The van der Waals surface area contributed by atoms with Crippen LogP contribution in [0, 0.1) is 5.92 Å². The molecular formula is C12H14BrN. The zero-order valence-electron chi connectivity index (χ0n) is 8.26. The fourth-order valence-corrected chi connectivity index (χ4v) is 2.28. The van der Waals surface area contributed by atoms with E-state index < -0.39 is 0 Å². The van der Waals surface area contributed by atoms with Crippen molar-refractivity contribution >= 4 is 21.5 Å². The maximum Gasteiger partial charge on any atom is 0.0181 e. The fraction of sp³-hybridized carbons (Fsp3) is 0.333. The van der Waals surface area contributed by atoms with Gasteiger partial charge in [-0.2, -0.15) is 0 Å². The van der Waals surface area contributed by atoms with Gasteiger partial charge in [-0.15, -0.1) is 0 Å². The van der Waals surface area contributed by atoms with Crippen molar-refractivity contribution in [2.24, 2.45) is 11.7 Å². The molecule has 2 rings (SSSR count). The van der Waals surface area contributed by atoms with Crippen LogP contribution < -0.4 is 5.73 Å². The Morgan fingerprint density at radius 2 is 2.29 bits per heavy atom. The van der Waals surface area contributed by atoms with Gasteiger partial charge in [-0.3, -0.25) is 0 Å². The lowest BCUT2D eigenvalue weighted by Gasteiger charge is -2.12. The third kappa shape index (κ3) is 1.64. The zero-order valence-corrected chi connectivity index (χ0v) is 9.84. The predicted molar refractivity (Wildman–Crippen MR) is 64.0 cm³/mol. The van der Waals surface area contributed by atoms with Gasteiger partial charge in [-0.25, -0.2) is 0 Å². The Labute approximate surface area is 93.1 Å². The third-order valence-electron chi connectivity index (χ3n) is 2.81. The Bertz CT molecular complexity index is 382. The topological polar surface area (TPSA) is 26.0 Å². The highest BCUT2D eigenvalue weighted by Crippen LogP contribution is 2.34. The summed E-state index contributed by atoms with van der Waals surface area (Å²) < 4.78 is 1.15. The molecule has 0 amide bonds. The van der Waals surface area contributed by atoms with Crippen LogP contribution in [0.1, 0.15) is 18.1 Å². The van der Waals surface area contributed by atoms with Gasteiger partial charge in [0.2, 0.25) is 0 Å². The number of hydrogen-bond donors (Lipinski definition) is 1. The maximum absolute atomic E-state index is 5.69. The summed E-state index contributed by atoms with van der Waals surface area (Å²) in [6.45, 7) is 2.90. The van der Waals surface area contributed by atoms with E-state index in [4.69, 9.17) is 5.73 Å². The molecule has 74 valence electrons. The van der Waals surface area contributed by atoms with E-state index in [0.717, 1.165) is 17.4 Å². The summed E-state index contributed by atoms with van der Waals surface area (Å²) in [4.78, 5) is 0. The van der Waals surface area contributed by atoms with Crippen molar-refractivity contribution < 1.29 is 0 Å². The maximum atomic E-state index is 5.69. The minimum absolute atomic E-state index is 0.463. The van der Waals surface area contributed by atoms with Crippen LogP contribution in [0.3, 0.4) is 0 Å². The summed E-state index contributed by atoms with van der Waals surface area (Å²) in [6, 6.07) is 6.48. The lowest BCUT2D eigenvalue weighted by Crippen LogP contribution is -2.11. The molecule has 2 N–H and O–H groups in total. The largest absolute Gasteiger partial charge is 0.330 e. The molecule has 0 saturated heterocycles. The van der Waals surface area contributed by atoms with Crippen LogP contribution in [-0.4, -0.2) is 6.54 Å². The summed E-state index contributed by atoms with van der Waals surface area (Å²) >= 11 is 3.50. The predicted octanol–water partition coefficient (Wildman–Crippen LogP) is 2.98. The van der Waals surface area contributed by atoms with E-state index in [1.807, 2.05) is 0 Å². The number of nitrogens with two attached hydrogens (primary N) is 1. The summed E-state index contributed by atoms with van der Waals surface area (Å²) in [5.41, 5.74) is 9.89. The molecule has 0 aromatic heterocycles. The standard InChI is InChI=1S/C12H14BrN/c1-8(7-14)11-5-3-9-2-4-10(13)6-12(9)11/h2,4-6,8H,3,7,14H2,1H3. The van der Waals surface area contributed by atoms with Gasteiger partial charge in [0.1, 0.15) is 0 Å². The number of fused-ring (bicyclic) bond motifs is 1. The normalized spacial score (nSPS) is 16.4. The molecule has 0 radical (unpaired) electrons. The molecule has 1 nitrogen and oxygen atoms in total. The highest BCUT2D eigenvalue weighted by Gasteiger charge is 2.17. The molecule has 0 saturated carbocycles. The number of benzene rings is 1. The van der Waals surface area contributed by atoms with Crippen LogP contribution >= 0.6 is 15.9 Å². The minimum atomic E-state index is 0.463. The zero-order chi connectivity index (χ0) is 10.1. The molecule has 0 fully saturated rings. The van der Waals surface area contributed by atoms with Gasteiger partial charge in [0.05, 0.1) is 0 Å². The van der Waals surface area contributed by atoms with Crippen molar-refractivity contribution in [1.29, 1.82) is 0 Å². The van der Waals surface area contributed by atoms with Gasteiger partial charge in [-0.1, -0.05) is 35.0 Å².